The van der Waals surface area contributed by atoms with E-state index in [1.54, 1.807) is 4.90 Å². The van der Waals surface area contributed by atoms with Crippen LogP contribution in [0.4, 0.5) is 0 Å². The molecule has 0 radical (unpaired) electrons. The van der Waals surface area contributed by atoms with Gasteiger partial charge in [-0.1, -0.05) is 0 Å². The van der Waals surface area contributed by atoms with Gasteiger partial charge < -0.3 is 20.5 Å². The molecular weight excluding hydrogens is 146 g/mol. The van der Waals surface area contributed by atoms with E-state index in [0.717, 1.165) is 0 Å². The molecule has 0 aliphatic carbocycles. The van der Waals surface area contributed by atoms with Crippen LogP contribution in [0.3, 0.4) is 0 Å². The van der Waals surface area contributed by atoms with Gasteiger partial charge in [0.25, 0.3) is 0 Å². The molecule has 0 amide bonds. The van der Waals surface area contributed by atoms with Gasteiger partial charge in [-0.15, -0.1) is 0 Å². The van der Waals surface area contributed by atoms with Crippen LogP contribution >= 0.6 is 0 Å². The van der Waals surface area contributed by atoms with Crippen molar-refractivity contribution in [2.45, 2.75) is 6.10 Å². The van der Waals surface area contributed by atoms with Crippen molar-refractivity contribution in [1.29, 1.82) is 5.41 Å². The number of nitrogens with one attached hydrogen (secondary N) is 1. The summed E-state index contributed by atoms with van der Waals surface area (Å²) in [5.41, 5.74) is 5.26. The van der Waals surface area contributed by atoms with Gasteiger partial charge in [-0.05, 0) is 0 Å². The van der Waals surface area contributed by atoms with E-state index in [4.69, 9.17) is 21.0 Å². The highest BCUT2D eigenvalue weighted by molar-refractivity contribution is 5.74. The quantitative estimate of drug-likeness (QED) is 0.324. The lowest BCUT2D eigenvalue weighted by atomic mass is 10.3. The Morgan fingerprint density at radius 2 is 2.55 bits per heavy atom. The SMILES string of the molecule is N=C(N)N1CCOC(CO)C1. The monoisotopic (exact) mass is 159 g/mol. The van der Waals surface area contributed by atoms with Crippen molar-refractivity contribution in [3.63, 3.8) is 0 Å². The molecule has 11 heavy (non-hydrogen) atoms. The van der Waals surface area contributed by atoms with E-state index >= 15 is 0 Å². The predicted octanol–water partition coefficient (Wildman–Crippen LogP) is -1.43. The van der Waals surface area contributed by atoms with Gasteiger partial charge in [0.1, 0.15) is 0 Å². The minimum absolute atomic E-state index is 0.0101. The number of guanidine groups is 1. The van der Waals surface area contributed by atoms with E-state index in [9.17, 15) is 0 Å². The van der Waals surface area contributed by atoms with E-state index in [1.165, 1.54) is 0 Å². The molecule has 1 heterocycles. The third-order valence-corrected chi connectivity index (χ3v) is 1.68. The van der Waals surface area contributed by atoms with Crippen LogP contribution in [-0.4, -0.2) is 48.4 Å². The molecule has 0 aromatic heterocycles. The molecule has 5 heteroatoms. The average molecular weight is 159 g/mol. The Morgan fingerprint density at radius 3 is 3.09 bits per heavy atom. The first-order valence-corrected chi connectivity index (χ1v) is 3.55. The minimum atomic E-state index is -0.187. The van der Waals surface area contributed by atoms with Crippen molar-refractivity contribution >= 4 is 5.96 Å². The summed E-state index contributed by atoms with van der Waals surface area (Å²) in [5.74, 6) is 0.0479. The summed E-state index contributed by atoms with van der Waals surface area (Å²) in [6.45, 7) is 1.69. The number of rotatable bonds is 1. The topological polar surface area (TPSA) is 82.6 Å². The number of morpholine rings is 1. The van der Waals surface area contributed by atoms with Gasteiger partial charge in [0.2, 0.25) is 0 Å². The van der Waals surface area contributed by atoms with Crippen molar-refractivity contribution in [1.82, 2.24) is 4.90 Å². The van der Waals surface area contributed by atoms with Crippen LogP contribution in [0.2, 0.25) is 0 Å². The van der Waals surface area contributed by atoms with E-state index < -0.39 is 0 Å². The summed E-state index contributed by atoms with van der Waals surface area (Å²) in [6, 6.07) is 0. The number of aliphatic hydroxyl groups is 1. The van der Waals surface area contributed by atoms with Crippen molar-refractivity contribution in [2.75, 3.05) is 26.3 Å². The van der Waals surface area contributed by atoms with Crippen molar-refractivity contribution < 1.29 is 9.84 Å². The standard InChI is InChI=1S/C6H13N3O2/c7-6(8)9-1-2-11-5(3-9)4-10/h5,10H,1-4H2,(H3,7,8). The molecule has 0 aromatic rings. The van der Waals surface area contributed by atoms with Crippen molar-refractivity contribution in [2.24, 2.45) is 5.73 Å². The molecule has 0 bridgehead atoms. The maximum Gasteiger partial charge on any atom is 0.188 e. The summed E-state index contributed by atoms with van der Waals surface area (Å²) in [7, 11) is 0. The van der Waals surface area contributed by atoms with Crippen molar-refractivity contribution in [3.8, 4) is 0 Å². The molecule has 4 N–H and O–H groups in total. The molecule has 1 fully saturated rings. The average Bonchev–Trinajstić information content (AvgIpc) is 2.05. The Balaban J connectivity index is 2.39. The Hall–Kier alpha value is -0.810. The van der Waals surface area contributed by atoms with E-state index in [2.05, 4.69) is 0 Å². The van der Waals surface area contributed by atoms with E-state index in [0.29, 0.717) is 19.7 Å². The highest BCUT2D eigenvalue weighted by Crippen LogP contribution is 2.02. The summed E-state index contributed by atoms with van der Waals surface area (Å²) in [5, 5.41) is 15.8. The zero-order chi connectivity index (χ0) is 8.27. The molecule has 0 spiro atoms. The van der Waals surface area contributed by atoms with Gasteiger partial charge in [0.05, 0.1) is 19.3 Å². The fourth-order valence-corrected chi connectivity index (χ4v) is 1.05. The second-order valence-electron chi connectivity index (χ2n) is 2.51. The van der Waals surface area contributed by atoms with Gasteiger partial charge in [-0.2, -0.15) is 0 Å². The predicted molar refractivity (Wildman–Crippen MR) is 40.3 cm³/mol. The molecule has 1 unspecified atom stereocenters. The van der Waals surface area contributed by atoms with Gasteiger partial charge in [0.15, 0.2) is 5.96 Å². The molecule has 5 nitrogen and oxygen atoms in total. The normalized spacial score (nSPS) is 25.2. The zero-order valence-electron chi connectivity index (χ0n) is 6.29. The summed E-state index contributed by atoms with van der Waals surface area (Å²) in [4.78, 5) is 1.68. The van der Waals surface area contributed by atoms with Crippen LogP contribution in [0.1, 0.15) is 0 Å². The van der Waals surface area contributed by atoms with Crippen LogP contribution in [-0.2, 0) is 4.74 Å². The fourth-order valence-electron chi connectivity index (χ4n) is 1.05. The van der Waals surface area contributed by atoms with Gasteiger partial charge >= 0.3 is 0 Å². The highest BCUT2D eigenvalue weighted by Gasteiger charge is 2.19. The third-order valence-electron chi connectivity index (χ3n) is 1.68. The Labute approximate surface area is 65.3 Å². The zero-order valence-corrected chi connectivity index (χ0v) is 6.29. The molecule has 1 rings (SSSR count). The molecule has 64 valence electrons. The third kappa shape index (κ3) is 2.06. The molecule has 0 aromatic carbocycles. The first-order chi connectivity index (χ1) is 5.24. The second-order valence-corrected chi connectivity index (χ2v) is 2.51. The molecule has 1 aliphatic rings. The number of nitrogens with two attached hydrogens (primary N) is 1. The number of nitrogens with zero attached hydrogens (tertiary/aromatic N) is 1. The highest BCUT2D eigenvalue weighted by atomic mass is 16.5. The molecule has 0 saturated carbocycles. The Morgan fingerprint density at radius 1 is 1.82 bits per heavy atom. The van der Waals surface area contributed by atoms with Gasteiger partial charge in [-0.25, -0.2) is 0 Å². The van der Waals surface area contributed by atoms with E-state index in [-0.39, 0.29) is 18.7 Å². The van der Waals surface area contributed by atoms with Crippen LogP contribution < -0.4 is 5.73 Å². The first kappa shape index (κ1) is 8.29. The lowest BCUT2D eigenvalue weighted by molar-refractivity contribution is -0.0345. The van der Waals surface area contributed by atoms with Crippen LogP contribution in [0.5, 0.6) is 0 Å². The van der Waals surface area contributed by atoms with Crippen LogP contribution in [0, 0.1) is 5.41 Å². The second kappa shape index (κ2) is 3.54. The maximum atomic E-state index is 8.73. The van der Waals surface area contributed by atoms with Crippen molar-refractivity contribution in [3.05, 3.63) is 0 Å². The lowest BCUT2D eigenvalue weighted by Crippen LogP contribution is -2.49. The Bertz CT molecular complexity index is 151. The molecule has 1 saturated heterocycles. The Kier molecular flexibility index (Phi) is 2.67. The number of hydrogen-bond donors (Lipinski definition) is 3. The molecule has 1 atom stereocenters. The molecule has 1 aliphatic heterocycles. The van der Waals surface area contributed by atoms with Crippen LogP contribution in [0.25, 0.3) is 0 Å². The summed E-state index contributed by atoms with van der Waals surface area (Å²) < 4.78 is 5.16. The largest absolute Gasteiger partial charge is 0.394 e. The summed E-state index contributed by atoms with van der Waals surface area (Å²) >= 11 is 0. The minimum Gasteiger partial charge on any atom is -0.394 e. The molecular formula is C6H13N3O2. The fraction of sp³-hybridized carbons (Fsp3) is 0.833. The number of ether oxygens (including phenoxy) is 1. The lowest BCUT2D eigenvalue weighted by Gasteiger charge is -2.31. The number of aliphatic hydroxyl groups excluding tert-OH is 1. The number of hydrogen-bond acceptors (Lipinski definition) is 3. The van der Waals surface area contributed by atoms with E-state index in [1.807, 2.05) is 0 Å². The summed E-state index contributed by atoms with van der Waals surface area (Å²) in [6.07, 6.45) is -0.187. The van der Waals surface area contributed by atoms with Crippen LogP contribution in [0.15, 0.2) is 0 Å². The first-order valence-electron chi connectivity index (χ1n) is 3.55. The van der Waals surface area contributed by atoms with Gasteiger partial charge in [0, 0.05) is 13.1 Å². The smallest absolute Gasteiger partial charge is 0.188 e. The maximum absolute atomic E-state index is 8.73. The van der Waals surface area contributed by atoms with Gasteiger partial charge in [-0.3, -0.25) is 5.41 Å².